The topological polar surface area (TPSA) is 111 Å². The minimum Gasteiger partial charge on any atom is -0.425 e. The fraction of sp³-hybridized carbons (Fsp3) is 1.00. The molecule has 60 heavy (non-hydrogen) atoms. The maximum atomic E-state index is 8.23. The molecule has 0 bridgehead atoms. The smallest absolute Gasteiger partial charge is 0.320 e. The fourth-order valence-corrected chi connectivity index (χ4v) is 58.9. The van der Waals surface area contributed by atoms with Crippen molar-refractivity contribution < 1.29 is 49.4 Å². The van der Waals surface area contributed by atoms with E-state index in [1.165, 1.54) is 0 Å². The number of rotatable bonds is 24. The monoisotopic (exact) mass is 1060 g/mol. The lowest BCUT2D eigenvalue weighted by Gasteiger charge is -2.51. The van der Waals surface area contributed by atoms with Gasteiger partial charge in [0.15, 0.2) is 0 Å². The van der Waals surface area contributed by atoms with Crippen LogP contribution in [0.5, 0.6) is 0 Å². The lowest BCUT2D eigenvalue weighted by atomic mass is 10.6. The first kappa shape index (κ1) is 60.1. The van der Waals surface area contributed by atoms with Gasteiger partial charge in [0.05, 0.1) is 0 Å². The van der Waals surface area contributed by atoms with E-state index in [0.29, 0.717) is 0 Å². The van der Waals surface area contributed by atoms with E-state index in [-0.39, 0.29) is 0 Å². The van der Waals surface area contributed by atoms with Crippen molar-refractivity contribution in [2.24, 2.45) is 0 Å². The van der Waals surface area contributed by atoms with Gasteiger partial charge in [0, 0.05) is 0 Å². The summed E-state index contributed by atoms with van der Waals surface area (Å²) in [5, 5.41) is 0. The van der Waals surface area contributed by atoms with Gasteiger partial charge in [-0.05, 0) is 72.5 Å². The zero-order valence-corrected chi connectivity index (χ0v) is 55.6. The highest BCUT2D eigenvalue weighted by atomic mass is 28.5. The zero-order chi connectivity index (χ0) is 44.7. The van der Waals surface area contributed by atoms with Gasteiger partial charge in [-0.25, -0.2) is 0 Å². The van der Waals surface area contributed by atoms with Gasteiger partial charge in [0.25, 0.3) is 60.0 Å². The van der Waals surface area contributed by atoms with Gasteiger partial charge in [0.2, 0.25) is 0 Å². The maximum absolute atomic E-state index is 8.23. The molecule has 1 aliphatic heterocycles. The highest BCUT2D eigenvalue weighted by Gasteiger charge is 2.58. The van der Waals surface area contributed by atoms with Crippen LogP contribution in [0.15, 0.2) is 0 Å². The molecule has 0 radical (unpaired) electrons. The van der Waals surface area contributed by atoms with E-state index in [4.69, 9.17) is 49.4 Å². The summed E-state index contributed by atoms with van der Waals surface area (Å²) in [6, 6.07) is 11.4. The molecule has 360 valence electrons. The number of hydrogen-bond acceptors (Lipinski definition) is 12. The van der Waals surface area contributed by atoms with E-state index in [9.17, 15) is 0 Å². The molecule has 0 aliphatic carbocycles. The first-order chi connectivity index (χ1) is 29.0. The van der Waals surface area contributed by atoms with E-state index in [1.807, 2.05) is 0 Å². The van der Waals surface area contributed by atoms with Gasteiger partial charge < -0.3 is 49.4 Å². The largest absolute Gasteiger partial charge is 0.425 e. The van der Waals surface area contributed by atoms with Crippen LogP contribution < -0.4 is 0 Å². The summed E-state index contributed by atoms with van der Waals surface area (Å²) in [6.07, 6.45) is 12.2. The van der Waals surface area contributed by atoms with Crippen LogP contribution in [0.2, 0.25) is 72.5 Å². The van der Waals surface area contributed by atoms with E-state index in [1.54, 1.807) is 0 Å². The van der Waals surface area contributed by atoms with E-state index in [2.05, 4.69) is 83.1 Å². The summed E-state index contributed by atoms with van der Waals surface area (Å²) < 4.78 is 84.9. The Morgan fingerprint density at radius 1 is 0.217 bits per heavy atom. The summed E-state index contributed by atoms with van der Waals surface area (Å²) in [6.45, 7) is 27.6. The molecular weight excluding hydrogens is 961 g/mol. The average Bonchev–Trinajstić information content (AvgIpc) is 3.17. The molecule has 0 saturated carbocycles. The molecule has 0 aromatic rings. The zero-order valence-electron chi connectivity index (χ0n) is 41.1. The van der Waals surface area contributed by atoms with Gasteiger partial charge in [-0.2, -0.15) is 0 Å². The predicted molar refractivity (Wildman–Crippen MR) is 280 cm³/mol. The van der Waals surface area contributed by atoms with Gasteiger partial charge in [-0.3, -0.25) is 0 Å². The van der Waals surface area contributed by atoms with Crippen molar-refractivity contribution in [2.45, 2.75) is 233 Å². The third kappa shape index (κ3) is 21.8. The van der Waals surface area contributed by atoms with Gasteiger partial charge in [-0.15, -0.1) is 0 Å². The van der Waals surface area contributed by atoms with Crippen molar-refractivity contribution in [3.05, 3.63) is 0 Å². The van der Waals surface area contributed by atoms with Crippen molar-refractivity contribution in [1.29, 1.82) is 0 Å². The minimum atomic E-state index is -2.94. The van der Waals surface area contributed by atoms with Crippen molar-refractivity contribution >= 4 is 111 Å². The molecule has 0 N–H and O–H groups in total. The molecule has 0 aromatic heterocycles. The lowest BCUT2D eigenvalue weighted by molar-refractivity contribution is 0.230. The molecule has 1 fully saturated rings. The van der Waals surface area contributed by atoms with Gasteiger partial charge in [-0.1, -0.05) is 160 Å². The Morgan fingerprint density at radius 3 is 0.550 bits per heavy atom. The summed E-state index contributed by atoms with van der Waals surface area (Å²) in [5.41, 5.74) is 0. The molecular formula is C36H96O12Si12. The first-order valence-corrected chi connectivity index (χ1v) is 45.0. The molecule has 1 saturated heterocycles. The third-order valence-electron chi connectivity index (χ3n) is 10.9. The van der Waals surface area contributed by atoms with Crippen LogP contribution in [0, 0.1) is 0 Å². The molecule has 0 aromatic carbocycles. The maximum Gasteiger partial charge on any atom is 0.320 e. The standard InChI is InChI=1S/C36H96O12Si12/c1-13-25-55(26-14-2)42-53-40-51-38-49-37-50-39-52-41-54-43-56(27-15-3,28-16-4)45-58(31-19-7,32-20-8)47-60(35-23-11,36-24-12)48-59(33-21-9,34-22-10)46-57(44-55,29-17-5)30-18-6/h13-36,49-54H2,1-12H3. The summed E-state index contributed by atoms with van der Waals surface area (Å²) in [4.78, 5) is 0. The fourth-order valence-electron chi connectivity index (χ4n) is 9.17. The normalized spacial score (nSPS) is 24.6. The molecule has 1 heterocycles. The lowest BCUT2D eigenvalue weighted by Crippen LogP contribution is -2.66. The van der Waals surface area contributed by atoms with Gasteiger partial charge >= 0.3 is 51.4 Å². The molecule has 12 nitrogen and oxygen atoms in total. The van der Waals surface area contributed by atoms with E-state index in [0.717, 1.165) is 150 Å². The Balaban J connectivity index is 4.23. The van der Waals surface area contributed by atoms with Crippen LogP contribution in [-0.2, 0) is 49.4 Å². The molecule has 0 amide bonds. The van der Waals surface area contributed by atoms with Crippen LogP contribution in [0.4, 0.5) is 0 Å². The van der Waals surface area contributed by atoms with Crippen LogP contribution in [0.25, 0.3) is 0 Å². The minimum absolute atomic E-state index is 0.948. The predicted octanol–water partition coefficient (Wildman–Crippen LogP) is 7.77. The first-order valence-electron chi connectivity index (χ1n) is 24.6. The molecule has 24 heteroatoms. The van der Waals surface area contributed by atoms with E-state index < -0.39 is 111 Å². The Kier molecular flexibility index (Phi) is 34.5. The second-order valence-corrected chi connectivity index (χ2v) is 49.9. The Bertz CT molecular complexity index is 939. The average molecular weight is 1060 g/mol. The molecule has 0 unspecified atom stereocenters. The Hall–Kier alpha value is 2.12. The highest BCUT2D eigenvalue weighted by molar-refractivity contribution is 6.93. The van der Waals surface area contributed by atoms with Gasteiger partial charge in [0.1, 0.15) is 0 Å². The van der Waals surface area contributed by atoms with Crippen molar-refractivity contribution in [3.63, 3.8) is 0 Å². The SMILES string of the molecule is CCC[Si]1(CCC)O[SiH2]O[SiH2]O[SiH2]O[SiH2]O[SiH2]O[SiH2]O[Si](CCC)(CCC)O[Si](CCC)(CCC)O[Si](CCC)(CCC)O[Si](CCC)(CCC)O[Si](CCC)(CCC)O1. The second-order valence-electron chi connectivity index (χ2n) is 17.0. The van der Waals surface area contributed by atoms with Crippen molar-refractivity contribution in [3.8, 4) is 0 Å². The van der Waals surface area contributed by atoms with Crippen LogP contribution in [0.3, 0.4) is 0 Å². The summed E-state index contributed by atoms with van der Waals surface area (Å²) in [7, 11) is -24.3. The van der Waals surface area contributed by atoms with Crippen molar-refractivity contribution in [1.82, 2.24) is 0 Å². The Labute approximate surface area is 391 Å². The van der Waals surface area contributed by atoms with Crippen LogP contribution in [0.1, 0.15) is 160 Å². The third-order valence-corrected chi connectivity index (χ3v) is 52.7. The molecule has 0 atom stereocenters. The molecule has 1 rings (SSSR count). The summed E-state index contributed by atoms with van der Waals surface area (Å²) >= 11 is 0. The highest BCUT2D eigenvalue weighted by Crippen LogP contribution is 2.43. The number of hydrogen-bond donors (Lipinski definition) is 0. The van der Waals surface area contributed by atoms with Crippen molar-refractivity contribution in [2.75, 3.05) is 0 Å². The summed E-state index contributed by atoms with van der Waals surface area (Å²) in [5.74, 6) is 0. The Morgan fingerprint density at radius 2 is 0.367 bits per heavy atom. The second kappa shape index (κ2) is 34.4. The quantitative estimate of drug-likeness (QED) is 0.0882. The van der Waals surface area contributed by atoms with Crippen LogP contribution >= 0.6 is 0 Å². The van der Waals surface area contributed by atoms with E-state index >= 15 is 0 Å². The molecule has 0 spiro atoms. The molecule has 1 aliphatic rings. The van der Waals surface area contributed by atoms with Crippen LogP contribution in [-0.4, -0.2) is 111 Å².